The molecule has 2 heterocycles. The van der Waals surface area contributed by atoms with E-state index in [4.69, 9.17) is 9.15 Å². The van der Waals surface area contributed by atoms with Crippen molar-refractivity contribution in [2.24, 2.45) is 5.92 Å². The highest BCUT2D eigenvalue weighted by Crippen LogP contribution is 2.38. The number of ether oxygens (including phenoxy) is 1. The Morgan fingerprint density at radius 3 is 2.69 bits per heavy atom. The van der Waals surface area contributed by atoms with E-state index in [1.165, 1.54) is 18.4 Å². The standard InChI is InChI=1S/C31H30FN3O4/c1-20(2)31(37)35-14-13-22-11-12-25(16-26(22)29(35)23-9-6-10-24(32)15-23)38-19-28-34-27(18-39-28)30(36)33-17-21-7-4-3-5-8-21/h3-12,15-16,18,20,29H,13-14,17,19H2,1-2H3,(H,33,36)/t29-/m0/s1. The highest BCUT2D eigenvalue weighted by molar-refractivity contribution is 5.91. The third kappa shape index (κ3) is 6.00. The summed E-state index contributed by atoms with van der Waals surface area (Å²) in [6.07, 6.45) is 2.00. The van der Waals surface area contributed by atoms with Gasteiger partial charge in [0.1, 0.15) is 17.8 Å². The van der Waals surface area contributed by atoms with Crippen LogP contribution in [-0.4, -0.2) is 28.2 Å². The molecule has 0 spiro atoms. The second-order valence-corrected chi connectivity index (χ2v) is 9.84. The normalized spacial score (nSPS) is 14.7. The molecular formula is C31H30FN3O4. The Hall–Kier alpha value is -4.46. The number of amides is 2. The number of carbonyl (C=O) groups is 2. The second-order valence-electron chi connectivity index (χ2n) is 9.84. The average molecular weight is 528 g/mol. The zero-order chi connectivity index (χ0) is 27.4. The molecule has 39 heavy (non-hydrogen) atoms. The van der Waals surface area contributed by atoms with E-state index in [-0.39, 0.29) is 41.7 Å². The molecule has 0 aliphatic carbocycles. The van der Waals surface area contributed by atoms with Gasteiger partial charge >= 0.3 is 0 Å². The Morgan fingerprint density at radius 2 is 1.92 bits per heavy atom. The molecule has 1 aliphatic rings. The van der Waals surface area contributed by atoms with Crippen molar-refractivity contribution in [1.29, 1.82) is 0 Å². The molecule has 0 fully saturated rings. The molecule has 1 aromatic heterocycles. The molecule has 0 unspecified atom stereocenters. The minimum atomic E-state index is -0.426. The molecule has 0 saturated carbocycles. The fourth-order valence-corrected chi connectivity index (χ4v) is 4.78. The van der Waals surface area contributed by atoms with Gasteiger partial charge in [0.25, 0.3) is 5.91 Å². The Balaban J connectivity index is 1.31. The molecule has 200 valence electrons. The maximum atomic E-state index is 14.2. The maximum absolute atomic E-state index is 14.2. The van der Waals surface area contributed by atoms with Crippen LogP contribution in [0.4, 0.5) is 4.39 Å². The molecule has 1 aliphatic heterocycles. The molecule has 0 saturated heterocycles. The van der Waals surface area contributed by atoms with E-state index < -0.39 is 6.04 Å². The molecular weight excluding hydrogens is 497 g/mol. The molecule has 2 amide bonds. The van der Waals surface area contributed by atoms with Crippen LogP contribution in [0.3, 0.4) is 0 Å². The Bertz CT molecular complexity index is 1470. The molecule has 3 aromatic carbocycles. The van der Waals surface area contributed by atoms with Gasteiger partial charge in [0.05, 0.1) is 6.04 Å². The first-order valence-corrected chi connectivity index (χ1v) is 13.0. The SMILES string of the molecule is CC(C)C(=O)N1CCc2ccc(OCc3nc(C(=O)NCc4ccccc4)co3)cc2[C@@H]1c1cccc(F)c1. The number of aromatic nitrogens is 1. The Kier molecular flexibility index (Phi) is 7.72. The number of oxazole rings is 1. The Labute approximate surface area is 226 Å². The highest BCUT2D eigenvalue weighted by atomic mass is 19.1. The Morgan fingerprint density at radius 1 is 1.10 bits per heavy atom. The van der Waals surface area contributed by atoms with E-state index in [0.717, 1.165) is 16.7 Å². The van der Waals surface area contributed by atoms with Gasteiger partial charge in [-0.15, -0.1) is 0 Å². The van der Waals surface area contributed by atoms with Gasteiger partial charge in [0, 0.05) is 19.0 Å². The van der Waals surface area contributed by atoms with Gasteiger partial charge < -0.3 is 19.4 Å². The molecule has 1 atom stereocenters. The number of hydrogen-bond acceptors (Lipinski definition) is 5. The number of fused-ring (bicyclic) bond motifs is 1. The monoisotopic (exact) mass is 527 g/mol. The van der Waals surface area contributed by atoms with Crippen molar-refractivity contribution in [2.75, 3.05) is 6.54 Å². The minimum Gasteiger partial charge on any atom is -0.484 e. The van der Waals surface area contributed by atoms with Crippen molar-refractivity contribution >= 4 is 11.8 Å². The van der Waals surface area contributed by atoms with Crippen molar-refractivity contribution < 1.29 is 23.1 Å². The minimum absolute atomic E-state index is 0.0130. The van der Waals surface area contributed by atoms with Gasteiger partial charge in [-0.05, 0) is 52.9 Å². The summed E-state index contributed by atoms with van der Waals surface area (Å²) in [7, 11) is 0. The molecule has 0 bridgehead atoms. The predicted octanol–water partition coefficient (Wildman–Crippen LogP) is 5.45. The second kappa shape index (κ2) is 11.5. The number of carbonyl (C=O) groups excluding carboxylic acids is 2. The zero-order valence-electron chi connectivity index (χ0n) is 21.9. The lowest BCUT2D eigenvalue weighted by molar-refractivity contribution is -0.136. The summed E-state index contributed by atoms with van der Waals surface area (Å²) in [6, 6.07) is 21.3. The van der Waals surface area contributed by atoms with Crippen LogP contribution in [0.2, 0.25) is 0 Å². The van der Waals surface area contributed by atoms with Crippen LogP contribution in [0.25, 0.3) is 0 Å². The van der Waals surface area contributed by atoms with Gasteiger partial charge in [-0.1, -0.05) is 62.4 Å². The van der Waals surface area contributed by atoms with E-state index in [9.17, 15) is 14.0 Å². The predicted molar refractivity (Wildman–Crippen MR) is 143 cm³/mol. The number of nitrogens with zero attached hydrogens (tertiary/aromatic N) is 2. The van der Waals surface area contributed by atoms with Crippen LogP contribution in [0, 0.1) is 11.7 Å². The summed E-state index contributed by atoms with van der Waals surface area (Å²) in [5, 5.41) is 2.82. The number of benzene rings is 3. The van der Waals surface area contributed by atoms with Crippen LogP contribution in [0.5, 0.6) is 5.75 Å². The van der Waals surface area contributed by atoms with Crippen molar-refractivity contribution in [3.8, 4) is 5.75 Å². The van der Waals surface area contributed by atoms with Gasteiger partial charge in [0.15, 0.2) is 12.3 Å². The van der Waals surface area contributed by atoms with Crippen LogP contribution >= 0.6 is 0 Å². The van der Waals surface area contributed by atoms with Crippen molar-refractivity contribution in [3.05, 3.63) is 119 Å². The number of halogens is 1. The summed E-state index contributed by atoms with van der Waals surface area (Å²) >= 11 is 0. The lowest BCUT2D eigenvalue weighted by Gasteiger charge is -2.39. The van der Waals surface area contributed by atoms with Gasteiger partial charge in [-0.2, -0.15) is 0 Å². The van der Waals surface area contributed by atoms with Crippen LogP contribution < -0.4 is 10.1 Å². The summed E-state index contributed by atoms with van der Waals surface area (Å²) in [5.41, 5.74) is 3.84. The first-order chi connectivity index (χ1) is 18.9. The van der Waals surface area contributed by atoms with Crippen LogP contribution in [0.1, 0.15) is 58.5 Å². The maximum Gasteiger partial charge on any atom is 0.273 e. The molecule has 8 heteroatoms. The summed E-state index contributed by atoms with van der Waals surface area (Å²) in [4.78, 5) is 31.6. The third-order valence-corrected chi connectivity index (χ3v) is 6.73. The molecule has 4 aromatic rings. The lowest BCUT2D eigenvalue weighted by atomic mass is 9.87. The van der Waals surface area contributed by atoms with E-state index >= 15 is 0 Å². The molecule has 7 nitrogen and oxygen atoms in total. The largest absolute Gasteiger partial charge is 0.484 e. The van der Waals surface area contributed by atoms with Gasteiger partial charge in [-0.25, -0.2) is 9.37 Å². The number of hydrogen-bond donors (Lipinski definition) is 1. The van der Waals surface area contributed by atoms with Crippen LogP contribution in [-0.2, 0) is 24.4 Å². The number of nitrogens with one attached hydrogen (secondary N) is 1. The molecule has 5 rings (SSSR count). The quantitative estimate of drug-likeness (QED) is 0.329. The van der Waals surface area contributed by atoms with E-state index in [2.05, 4.69) is 10.3 Å². The first kappa shape index (κ1) is 26.2. The molecule has 0 radical (unpaired) electrons. The van der Waals surface area contributed by atoms with Gasteiger partial charge in [-0.3, -0.25) is 9.59 Å². The van der Waals surface area contributed by atoms with Gasteiger partial charge in [0.2, 0.25) is 11.8 Å². The summed E-state index contributed by atoms with van der Waals surface area (Å²) in [5.74, 6) is -0.0460. The number of rotatable bonds is 8. The van der Waals surface area contributed by atoms with Crippen molar-refractivity contribution in [2.45, 2.75) is 39.5 Å². The van der Waals surface area contributed by atoms with E-state index in [1.807, 2.05) is 73.3 Å². The fraction of sp³-hybridized carbons (Fsp3) is 0.258. The fourth-order valence-electron chi connectivity index (χ4n) is 4.78. The molecule has 1 N–H and O–H groups in total. The van der Waals surface area contributed by atoms with E-state index in [0.29, 0.717) is 30.8 Å². The topological polar surface area (TPSA) is 84.7 Å². The summed E-state index contributed by atoms with van der Waals surface area (Å²) in [6.45, 7) is 4.69. The van der Waals surface area contributed by atoms with Crippen molar-refractivity contribution in [3.63, 3.8) is 0 Å². The zero-order valence-corrected chi connectivity index (χ0v) is 21.9. The third-order valence-electron chi connectivity index (χ3n) is 6.73. The lowest BCUT2D eigenvalue weighted by Crippen LogP contribution is -2.42. The first-order valence-electron chi connectivity index (χ1n) is 13.0. The smallest absolute Gasteiger partial charge is 0.273 e. The van der Waals surface area contributed by atoms with Crippen LogP contribution in [0.15, 0.2) is 83.5 Å². The van der Waals surface area contributed by atoms with E-state index in [1.54, 1.807) is 6.07 Å². The highest BCUT2D eigenvalue weighted by Gasteiger charge is 2.33. The average Bonchev–Trinajstić information content (AvgIpc) is 3.43. The summed E-state index contributed by atoms with van der Waals surface area (Å²) < 4.78 is 25.6. The van der Waals surface area contributed by atoms with Crippen molar-refractivity contribution in [1.82, 2.24) is 15.2 Å².